The van der Waals surface area contributed by atoms with Crippen LogP contribution in [0.2, 0.25) is 0 Å². The summed E-state index contributed by atoms with van der Waals surface area (Å²) in [5.41, 5.74) is 1.64. The van der Waals surface area contributed by atoms with Crippen molar-refractivity contribution in [2.45, 2.75) is 38.5 Å². The molecule has 0 saturated heterocycles. The zero-order chi connectivity index (χ0) is 5.82. The second-order valence-electron chi connectivity index (χ2n) is 2.57. The molecule has 1 atom stereocenters. The van der Waals surface area contributed by atoms with E-state index in [2.05, 4.69) is 9.24 Å². The van der Waals surface area contributed by atoms with Crippen LogP contribution in [-0.4, -0.2) is 0 Å². The molecule has 1 heteroatoms. The maximum absolute atomic E-state index is 2.86. The predicted molar refractivity (Wildman–Crippen MR) is 40.7 cm³/mol. The molecule has 0 aliphatic heterocycles. The molecule has 1 radical (unpaired) electrons. The molecule has 0 amide bonds. The lowest BCUT2D eigenvalue weighted by Gasteiger charge is -2.01. The highest BCUT2D eigenvalue weighted by Gasteiger charge is 2.05. The van der Waals surface area contributed by atoms with E-state index in [1.165, 1.54) is 38.5 Å². The molecule has 0 aromatic carbocycles. The Morgan fingerprint density at radius 2 is 1.38 bits per heavy atom. The fourth-order valence-corrected chi connectivity index (χ4v) is 1.59. The standard InChI is InChI=1S/C7H14P/c8-7-5-3-1-2-4-6-7/h1-6,8H2. The van der Waals surface area contributed by atoms with Crippen LogP contribution in [0.3, 0.4) is 0 Å². The molecule has 8 heavy (non-hydrogen) atoms. The third kappa shape index (κ3) is 2.13. The predicted octanol–water partition coefficient (Wildman–Crippen LogP) is 2.75. The van der Waals surface area contributed by atoms with Crippen LogP contribution in [0.4, 0.5) is 0 Å². The largest absolute Gasteiger partial charge is 0.130 e. The van der Waals surface area contributed by atoms with Gasteiger partial charge in [-0.05, 0) is 18.5 Å². The van der Waals surface area contributed by atoms with Gasteiger partial charge in [-0.3, -0.25) is 0 Å². The smallest absolute Gasteiger partial charge is 0.00597 e. The van der Waals surface area contributed by atoms with Crippen molar-refractivity contribution in [2.24, 2.45) is 0 Å². The van der Waals surface area contributed by atoms with Crippen LogP contribution in [0.15, 0.2) is 0 Å². The summed E-state index contributed by atoms with van der Waals surface area (Å²) < 4.78 is 0. The van der Waals surface area contributed by atoms with Crippen LogP contribution in [0.5, 0.6) is 0 Å². The minimum absolute atomic E-state index is 1.37. The van der Waals surface area contributed by atoms with Gasteiger partial charge >= 0.3 is 0 Å². The molecular formula is C7H14P. The zero-order valence-corrected chi connectivity index (χ0v) is 6.47. The summed E-state index contributed by atoms with van der Waals surface area (Å²) in [6, 6.07) is 0. The lowest BCUT2D eigenvalue weighted by atomic mass is 10.2. The molecule has 1 unspecified atom stereocenters. The van der Waals surface area contributed by atoms with Crippen molar-refractivity contribution in [3.63, 3.8) is 0 Å². The SMILES string of the molecule is P[C]1CCCCCC1. The topological polar surface area (TPSA) is 0 Å². The molecule has 0 nitrogen and oxygen atoms in total. The molecule has 0 bridgehead atoms. The van der Waals surface area contributed by atoms with Crippen molar-refractivity contribution in [1.29, 1.82) is 0 Å². The Bertz CT molecular complexity index is 53.4. The van der Waals surface area contributed by atoms with Gasteiger partial charge < -0.3 is 0 Å². The van der Waals surface area contributed by atoms with Crippen molar-refractivity contribution < 1.29 is 0 Å². The highest BCUT2D eigenvalue weighted by atomic mass is 31.0. The summed E-state index contributed by atoms with van der Waals surface area (Å²) >= 11 is 0. The van der Waals surface area contributed by atoms with E-state index in [9.17, 15) is 0 Å². The van der Waals surface area contributed by atoms with Crippen LogP contribution < -0.4 is 0 Å². The second kappa shape index (κ2) is 3.45. The Hall–Kier alpha value is 0.430. The average Bonchev–Trinajstić information content (AvgIpc) is 1.94. The van der Waals surface area contributed by atoms with E-state index in [-0.39, 0.29) is 0 Å². The molecule has 0 heterocycles. The number of hydrogen-bond acceptors (Lipinski definition) is 0. The molecule has 47 valence electrons. The van der Waals surface area contributed by atoms with E-state index >= 15 is 0 Å². The van der Waals surface area contributed by atoms with Crippen molar-refractivity contribution in [2.75, 3.05) is 0 Å². The molecular weight excluding hydrogens is 115 g/mol. The van der Waals surface area contributed by atoms with Crippen LogP contribution in [0, 0.1) is 5.66 Å². The van der Waals surface area contributed by atoms with Crippen molar-refractivity contribution in [1.82, 2.24) is 0 Å². The van der Waals surface area contributed by atoms with Gasteiger partial charge in [0.2, 0.25) is 0 Å². The Balaban J connectivity index is 2.17. The van der Waals surface area contributed by atoms with Crippen molar-refractivity contribution >= 4 is 9.24 Å². The minimum Gasteiger partial charge on any atom is -0.130 e. The first-order valence-corrected chi connectivity index (χ1v) is 4.07. The Kier molecular flexibility index (Phi) is 2.83. The summed E-state index contributed by atoms with van der Waals surface area (Å²) in [5.74, 6) is 0. The fraction of sp³-hybridized carbons (Fsp3) is 0.857. The van der Waals surface area contributed by atoms with E-state index in [4.69, 9.17) is 0 Å². The third-order valence-corrected chi connectivity index (χ3v) is 2.32. The van der Waals surface area contributed by atoms with Gasteiger partial charge in [-0.2, -0.15) is 0 Å². The molecule has 0 aromatic heterocycles. The van der Waals surface area contributed by atoms with Gasteiger partial charge in [0, 0.05) is 0 Å². The highest BCUT2D eigenvalue weighted by Crippen LogP contribution is 2.28. The van der Waals surface area contributed by atoms with Crippen molar-refractivity contribution in [3.8, 4) is 0 Å². The van der Waals surface area contributed by atoms with E-state index in [0.717, 1.165) is 0 Å². The first-order chi connectivity index (χ1) is 3.89. The van der Waals surface area contributed by atoms with Crippen LogP contribution in [-0.2, 0) is 0 Å². The van der Waals surface area contributed by atoms with E-state index in [0.29, 0.717) is 0 Å². The van der Waals surface area contributed by atoms with Crippen LogP contribution in [0.1, 0.15) is 38.5 Å². The van der Waals surface area contributed by atoms with E-state index in [1.54, 1.807) is 5.66 Å². The lowest BCUT2D eigenvalue weighted by molar-refractivity contribution is 0.702. The molecule has 1 aliphatic carbocycles. The average molecular weight is 129 g/mol. The third-order valence-electron chi connectivity index (χ3n) is 1.75. The van der Waals surface area contributed by atoms with Gasteiger partial charge in [-0.1, -0.05) is 25.7 Å². The van der Waals surface area contributed by atoms with Gasteiger partial charge in [0.1, 0.15) is 0 Å². The molecule has 1 rings (SSSR count). The molecule has 1 saturated carbocycles. The normalized spacial score (nSPS) is 25.1. The van der Waals surface area contributed by atoms with Gasteiger partial charge in [0.15, 0.2) is 0 Å². The maximum Gasteiger partial charge on any atom is -0.00597 e. The molecule has 1 fully saturated rings. The van der Waals surface area contributed by atoms with Gasteiger partial charge in [0.05, 0.1) is 0 Å². The Morgan fingerprint density at radius 1 is 0.875 bits per heavy atom. The summed E-state index contributed by atoms with van der Waals surface area (Å²) in [6.45, 7) is 0. The van der Waals surface area contributed by atoms with Crippen molar-refractivity contribution in [3.05, 3.63) is 5.66 Å². The highest BCUT2D eigenvalue weighted by molar-refractivity contribution is 7.20. The zero-order valence-electron chi connectivity index (χ0n) is 5.32. The van der Waals surface area contributed by atoms with Crippen LogP contribution >= 0.6 is 9.24 Å². The molecule has 0 spiro atoms. The maximum atomic E-state index is 2.86. The number of rotatable bonds is 0. The molecule has 0 N–H and O–H groups in total. The Labute approximate surface area is 54.3 Å². The minimum atomic E-state index is 1.37. The van der Waals surface area contributed by atoms with Crippen LogP contribution in [0.25, 0.3) is 0 Å². The van der Waals surface area contributed by atoms with Gasteiger partial charge in [-0.25, -0.2) is 0 Å². The first-order valence-electron chi connectivity index (χ1n) is 3.50. The van der Waals surface area contributed by atoms with E-state index in [1.807, 2.05) is 0 Å². The second-order valence-corrected chi connectivity index (χ2v) is 3.39. The fourth-order valence-electron chi connectivity index (χ4n) is 1.18. The Morgan fingerprint density at radius 3 is 1.88 bits per heavy atom. The first kappa shape index (κ1) is 6.55. The summed E-state index contributed by atoms with van der Waals surface area (Å²) in [6.07, 6.45) is 8.50. The summed E-state index contributed by atoms with van der Waals surface area (Å²) in [5, 5.41) is 0. The number of hydrogen-bond donors (Lipinski definition) is 0. The van der Waals surface area contributed by atoms with E-state index < -0.39 is 0 Å². The lowest BCUT2D eigenvalue weighted by Crippen LogP contribution is -1.80. The van der Waals surface area contributed by atoms with Gasteiger partial charge in [0.25, 0.3) is 0 Å². The summed E-state index contributed by atoms with van der Waals surface area (Å²) in [4.78, 5) is 0. The van der Waals surface area contributed by atoms with Gasteiger partial charge in [-0.15, -0.1) is 9.24 Å². The summed E-state index contributed by atoms with van der Waals surface area (Å²) in [7, 11) is 2.86. The molecule has 0 aromatic rings. The molecule has 1 aliphatic rings. The quantitative estimate of drug-likeness (QED) is 0.348. The monoisotopic (exact) mass is 129 g/mol.